The van der Waals surface area contributed by atoms with Gasteiger partial charge in [0.15, 0.2) is 0 Å². The number of ether oxygens (including phenoxy) is 1. The van der Waals surface area contributed by atoms with Gasteiger partial charge >= 0.3 is 0 Å². The number of nitrogens with one attached hydrogen (secondary N) is 1. The highest BCUT2D eigenvalue weighted by Crippen LogP contribution is 2.23. The maximum Gasteiger partial charge on any atom is 0.123 e. The normalized spacial score (nSPS) is 12.5. The van der Waals surface area contributed by atoms with Crippen molar-refractivity contribution in [3.05, 3.63) is 28.2 Å². The number of hydrogen-bond acceptors (Lipinski definition) is 3. The van der Waals surface area contributed by atoms with Gasteiger partial charge in [0.25, 0.3) is 0 Å². The van der Waals surface area contributed by atoms with E-state index in [4.69, 9.17) is 4.74 Å². The second kappa shape index (κ2) is 8.01. The molecule has 2 nitrogen and oxygen atoms in total. The second-order valence-corrected chi connectivity index (χ2v) is 5.72. The Hall–Kier alpha value is -0.190. The largest absolute Gasteiger partial charge is 0.496 e. The number of rotatable bonds is 7. The zero-order valence-corrected chi connectivity index (χ0v) is 13.0. The summed E-state index contributed by atoms with van der Waals surface area (Å²) in [6.07, 6.45) is 3.29. The molecule has 4 heteroatoms. The van der Waals surface area contributed by atoms with Gasteiger partial charge in [-0.15, -0.1) is 0 Å². The Balaban J connectivity index is 2.63. The van der Waals surface area contributed by atoms with E-state index < -0.39 is 0 Å². The number of thioether (sulfide) groups is 1. The van der Waals surface area contributed by atoms with Crippen LogP contribution in [-0.4, -0.2) is 25.2 Å². The summed E-state index contributed by atoms with van der Waals surface area (Å²) >= 11 is 5.37. The Morgan fingerprint density at radius 2 is 2.24 bits per heavy atom. The molecule has 1 aromatic carbocycles. The van der Waals surface area contributed by atoms with Gasteiger partial charge in [-0.3, -0.25) is 0 Å². The summed E-state index contributed by atoms with van der Waals surface area (Å²) in [5, 5.41) is 3.57. The Kier molecular flexibility index (Phi) is 7.00. The van der Waals surface area contributed by atoms with E-state index in [2.05, 4.69) is 40.5 Å². The highest BCUT2D eigenvalue weighted by Gasteiger charge is 2.08. The predicted octanol–water partition coefficient (Wildman–Crippen LogP) is 3.69. The van der Waals surface area contributed by atoms with Crippen LogP contribution in [0.2, 0.25) is 0 Å². The van der Waals surface area contributed by atoms with E-state index in [0.717, 1.165) is 28.9 Å². The molecule has 1 unspecified atom stereocenters. The molecule has 0 radical (unpaired) electrons. The van der Waals surface area contributed by atoms with Gasteiger partial charge in [0.1, 0.15) is 5.75 Å². The van der Waals surface area contributed by atoms with Crippen molar-refractivity contribution < 1.29 is 4.74 Å². The van der Waals surface area contributed by atoms with Crippen LogP contribution in [0.1, 0.15) is 18.9 Å². The van der Waals surface area contributed by atoms with Crippen molar-refractivity contribution in [1.29, 1.82) is 0 Å². The molecule has 0 aliphatic rings. The van der Waals surface area contributed by atoms with Crippen LogP contribution in [0, 0.1) is 0 Å². The van der Waals surface area contributed by atoms with Gasteiger partial charge in [-0.2, -0.15) is 11.8 Å². The minimum Gasteiger partial charge on any atom is -0.496 e. The predicted molar refractivity (Wildman–Crippen MR) is 80.0 cm³/mol. The molecule has 0 fully saturated rings. The Bertz CT molecular complexity index is 346. The highest BCUT2D eigenvalue weighted by molar-refractivity contribution is 9.10. The fraction of sp³-hybridized carbons (Fsp3) is 0.538. The Labute approximate surface area is 117 Å². The molecule has 1 N–H and O–H groups in total. The average Bonchev–Trinajstić information content (AvgIpc) is 2.34. The van der Waals surface area contributed by atoms with E-state index in [1.165, 1.54) is 5.56 Å². The lowest BCUT2D eigenvalue weighted by Gasteiger charge is -2.17. The van der Waals surface area contributed by atoms with Crippen molar-refractivity contribution in [3.63, 3.8) is 0 Å². The minimum absolute atomic E-state index is 0.564. The first kappa shape index (κ1) is 14.9. The molecule has 0 saturated heterocycles. The first-order chi connectivity index (χ1) is 8.21. The van der Waals surface area contributed by atoms with Gasteiger partial charge in [0, 0.05) is 28.4 Å². The van der Waals surface area contributed by atoms with Crippen molar-refractivity contribution in [2.45, 2.75) is 25.9 Å². The van der Waals surface area contributed by atoms with Gasteiger partial charge in [-0.05, 0) is 30.9 Å². The van der Waals surface area contributed by atoms with E-state index in [0.29, 0.717) is 6.04 Å². The third-order valence-electron chi connectivity index (χ3n) is 2.68. The summed E-state index contributed by atoms with van der Waals surface area (Å²) in [6, 6.07) is 6.67. The topological polar surface area (TPSA) is 21.3 Å². The van der Waals surface area contributed by atoms with Gasteiger partial charge in [0.05, 0.1) is 7.11 Å². The number of halogens is 1. The van der Waals surface area contributed by atoms with Crippen molar-refractivity contribution in [1.82, 2.24) is 5.32 Å². The van der Waals surface area contributed by atoms with Crippen LogP contribution in [0.4, 0.5) is 0 Å². The summed E-state index contributed by atoms with van der Waals surface area (Å²) in [7, 11) is 1.71. The van der Waals surface area contributed by atoms with Crippen molar-refractivity contribution in [3.8, 4) is 5.75 Å². The second-order valence-electron chi connectivity index (χ2n) is 3.90. The molecule has 0 saturated carbocycles. The zero-order valence-electron chi connectivity index (χ0n) is 10.6. The molecule has 0 aromatic heterocycles. The van der Waals surface area contributed by atoms with Crippen LogP contribution in [0.25, 0.3) is 0 Å². The van der Waals surface area contributed by atoms with Crippen LogP contribution < -0.4 is 10.1 Å². The summed E-state index contributed by atoms with van der Waals surface area (Å²) in [4.78, 5) is 0. The lowest BCUT2D eigenvalue weighted by atomic mass is 10.2. The van der Waals surface area contributed by atoms with Crippen LogP contribution >= 0.6 is 27.7 Å². The van der Waals surface area contributed by atoms with Gasteiger partial charge in [-0.1, -0.05) is 22.9 Å². The first-order valence-corrected chi connectivity index (χ1v) is 7.94. The highest BCUT2D eigenvalue weighted by atomic mass is 79.9. The van der Waals surface area contributed by atoms with Crippen molar-refractivity contribution >= 4 is 27.7 Å². The molecule has 1 rings (SSSR count). The fourth-order valence-corrected chi connectivity index (χ4v) is 2.83. The third kappa shape index (κ3) is 4.90. The fourth-order valence-electron chi connectivity index (χ4n) is 1.66. The molecule has 1 aromatic rings. The van der Waals surface area contributed by atoms with Gasteiger partial charge in [0.2, 0.25) is 0 Å². The minimum atomic E-state index is 0.564. The Morgan fingerprint density at radius 3 is 2.82 bits per heavy atom. The lowest BCUT2D eigenvalue weighted by molar-refractivity contribution is 0.405. The Morgan fingerprint density at radius 1 is 1.47 bits per heavy atom. The number of methoxy groups -OCH3 is 1. The smallest absolute Gasteiger partial charge is 0.123 e. The molecule has 0 bridgehead atoms. The van der Waals surface area contributed by atoms with Gasteiger partial charge < -0.3 is 10.1 Å². The van der Waals surface area contributed by atoms with E-state index in [-0.39, 0.29) is 0 Å². The summed E-state index contributed by atoms with van der Waals surface area (Å²) in [5.74, 6) is 2.09. The monoisotopic (exact) mass is 317 g/mol. The average molecular weight is 318 g/mol. The standard InChI is InChI=1S/C13H20BrNOS/c1-4-12(9-17-3)15-8-10-7-11(14)5-6-13(10)16-2/h5-7,12,15H,4,8-9H2,1-3H3. The molecular weight excluding hydrogens is 298 g/mol. The van der Waals surface area contributed by atoms with Crippen LogP contribution in [0.3, 0.4) is 0 Å². The first-order valence-electron chi connectivity index (χ1n) is 5.76. The van der Waals surface area contributed by atoms with E-state index in [1.807, 2.05) is 23.9 Å². The molecular formula is C13H20BrNOS. The molecule has 1 atom stereocenters. The number of benzene rings is 1. The molecule has 0 aliphatic heterocycles. The van der Waals surface area contributed by atoms with Crippen molar-refractivity contribution in [2.75, 3.05) is 19.1 Å². The van der Waals surface area contributed by atoms with Crippen LogP contribution in [0.5, 0.6) is 5.75 Å². The van der Waals surface area contributed by atoms with Gasteiger partial charge in [-0.25, -0.2) is 0 Å². The lowest BCUT2D eigenvalue weighted by Crippen LogP contribution is -2.30. The summed E-state index contributed by atoms with van der Waals surface area (Å²) in [6.45, 7) is 3.06. The third-order valence-corrected chi connectivity index (χ3v) is 3.91. The maximum absolute atomic E-state index is 5.36. The molecule has 0 amide bonds. The van der Waals surface area contributed by atoms with E-state index in [9.17, 15) is 0 Å². The number of hydrogen-bond donors (Lipinski definition) is 1. The van der Waals surface area contributed by atoms with E-state index >= 15 is 0 Å². The summed E-state index contributed by atoms with van der Waals surface area (Å²) < 4.78 is 6.45. The molecule has 17 heavy (non-hydrogen) atoms. The molecule has 96 valence electrons. The quantitative estimate of drug-likeness (QED) is 0.828. The van der Waals surface area contributed by atoms with Crippen LogP contribution in [-0.2, 0) is 6.54 Å². The molecule has 0 aliphatic carbocycles. The molecule has 0 heterocycles. The SMILES string of the molecule is CCC(CSC)NCc1cc(Br)ccc1OC. The van der Waals surface area contributed by atoms with Crippen LogP contribution in [0.15, 0.2) is 22.7 Å². The van der Waals surface area contributed by atoms with E-state index in [1.54, 1.807) is 7.11 Å². The zero-order chi connectivity index (χ0) is 12.7. The maximum atomic E-state index is 5.36. The van der Waals surface area contributed by atoms with Crippen molar-refractivity contribution in [2.24, 2.45) is 0 Å². The summed E-state index contributed by atoms with van der Waals surface area (Å²) in [5.41, 5.74) is 1.20. The molecule has 0 spiro atoms.